The third-order valence-electron chi connectivity index (χ3n) is 4.49. The fraction of sp³-hybridized carbons (Fsp3) is 0.353. The predicted molar refractivity (Wildman–Crippen MR) is 101 cm³/mol. The average Bonchev–Trinajstić information content (AvgIpc) is 3.08. The molecule has 0 amide bonds. The Bertz CT molecular complexity index is 957. The number of hydrogen-bond donors (Lipinski definition) is 2. The van der Waals surface area contributed by atoms with Gasteiger partial charge in [-0.3, -0.25) is 13.9 Å². The van der Waals surface area contributed by atoms with Crippen molar-refractivity contribution in [3.8, 4) is 5.88 Å². The molecule has 1 atom stereocenters. The molecular weight excluding hydrogens is 338 g/mol. The fourth-order valence-electron chi connectivity index (χ4n) is 2.88. The van der Waals surface area contributed by atoms with Gasteiger partial charge in [0.05, 0.1) is 11.8 Å². The molecule has 1 aliphatic rings. The first-order valence-corrected chi connectivity index (χ1v) is 8.30. The van der Waals surface area contributed by atoms with Crippen LogP contribution in [-0.2, 0) is 14.1 Å². The second-order valence-corrected chi connectivity index (χ2v) is 6.70. The van der Waals surface area contributed by atoms with Gasteiger partial charge in [0.2, 0.25) is 5.88 Å². The molecule has 0 saturated carbocycles. The molecule has 0 radical (unpaired) electrons. The standard InChI is InChI=1S/C17H21N5O2S/c1-20(2)11-7-5-10(6-8-11)12-9-13(19-18-12)14-15(23)21(3)17(25)22(4)16(14)24/h5-8,12,18,23H,9H2,1-4H3/t12-/m1/s1. The summed E-state index contributed by atoms with van der Waals surface area (Å²) in [6, 6.07) is 8.12. The quantitative estimate of drug-likeness (QED) is 0.816. The molecule has 2 N–H and O–H groups in total. The molecule has 0 fully saturated rings. The number of benzene rings is 1. The van der Waals surface area contributed by atoms with Crippen molar-refractivity contribution in [2.75, 3.05) is 19.0 Å². The summed E-state index contributed by atoms with van der Waals surface area (Å²) in [5.74, 6) is -0.155. The highest BCUT2D eigenvalue weighted by Crippen LogP contribution is 2.27. The van der Waals surface area contributed by atoms with Crippen molar-refractivity contribution in [1.82, 2.24) is 14.6 Å². The smallest absolute Gasteiger partial charge is 0.267 e. The maximum absolute atomic E-state index is 12.5. The number of hydrazone groups is 1. The number of aromatic nitrogens is 2. The van der Waals surface area contributed by atoms with Gasteiger partial charge in [0, 0.05) is 40.3 Å². The van der Waals surface area contributed by atoms with E-state index in [4.69, 9.17) is 12.2 Å². The molecule has 3 rings (SSSR count). The van der Waals surface area contributed by atoms with E-state index in [0.29, 0.717) is 12.1 Å². The Balaban J connectivity index is 1.91. The molecule has 1 aromatic heterocycles. The van der Waals surface area contributed by atoms with E-state index >= 15 is 0 Å². The summed E-state index contributed by atoms with van der Waals surface area (Å²) in [5, 5.41) is 14.7. The van der Waals surface area contributed by atoms with E-state index < -0.39 is 0 Å². The second-order valence-electron chi connectivity index (χ2n) is 6.33. The zero-order valence-electron chi connectivity index (χ0n) is 14.6. The molecule has 1 aliphatic heterocycles. The number of anilines is 1. The average molecular weight is 359 g/mol. The Morgan fingerprint density at radius 3 is 2.48 bits per heavy atom. The second kappa shape index (κ2) is 6.36. The monoisotopic (exact) mass is 359 g/mol. The summed E-state index contributed by atoms with van der Waals surface area (Å²) in [5.41, 5.74) is 5.63. The molecule has 0 aliphatic carbocycles. The van der Waals surface area contributed by atoms with Crippen molar-refractivity contribution in [2.24, 2.45) is 19.2 Å². The van der Waals surface area contributed by atoms with Gasteiger partial charge in [0.1, 0.15) is 5.56 Å². The maximum Gasteiger partial charge on any atom is 0.267 e. The van der Waals surface area contributed by atoms with E-state index in [2.05, 4.69) is 10.5 Å². The van der Waals surface area contributed by atoms with Crippen molar-refractivity contribution in [2.45, 2.75) is 12.5 Å². The highest BCUT2D eigenvalue weighted by molar-refractivity contribution is 7.71. The van der Waals surface area contributed by atoms with Crippen molar-refractivity contribution in [3.05, 3.63) is 50.5 Å². The highest BCUT2D eigenvalue weighted by Gasteiger charge is 2.27. The molecule has 0 unspecified atom stereocenters. The van der Waals surface area contributed by atoms with Crippen LogP contribution in [0, 0.1) is 4.77 Å². The van der Waals surface area contributed by atoms with E-state index in [-0.39, 0.29) is 27.8 Å². The van der Waals surface area contributed by atoms with E-state index in [1.165, 1.54) is 9.13 Å². The van der Waals surface area contributed by atoms with Gasteiger partial charge in [-0.15, -0.1) is 0 Å². The molecule has 7 nitrogen and oxygen atoms in total. The third kappa shape index (κ3) is 2.93. The van der Waals surface area contributed by atoms with Gasteiger partial charge in [-0.05, 0) is 29.9 Å². The van der Waals surface area contributed by atoms with Gasteiger partial charge < -0.3 is 15.4 Å². The third-order valence-corrected chi connectivity index (χ3v) is 5.03. The lowest BCUT2D eigenvalue weighted by molar-refractivity contribution is 0.414. The minimum atomic E-state index is -0.343. The summed E-state index contributed by atoms with van der Waals surface area (Å²) >= 11 is 5.14. The van der Waals surface area contributed by atoms with Crippen LogP contribution >= 0.6 is 12.2 Å². The van der Waals surface area contributed by atoms with Gasteiger partial charge in [-0.25, -0.2) is 0 Å². The molecular formula is C17H21N5O2S. The Morgan fingerprint density at radius 2 is 1.88 bits per heavy atom. The van der Waals surface area contributed by atoms with Gasteiger partial charge >= 0.3 is 0 Å². The van der Waals surface area contributed by atoms with E-state index in [0.717, 1.165) is 11.3 Å². The lowest BCUT2D eigenvalue weighted by Crippen LogP contribution is -2.28. The Hall–Kier alpha value is -2.61. The van der Waals surface area contributed by atoms with E-state index in [1.807, 2.05) is 43.3 Å². The SMILES string of the molecule is CN(C)c1ccc([C@H]2CC(c3c(O)n(C)c(=S)n(C)c3=O)=NN2)cc1. The van der Waals surface area contributed by atoms with Crippen LogP contribution < -0.4 is 15.9 Å². The number of aromatic hydroxyl groups is 1. The van der Waals surface area contributed by atoms with Gasteiger partial charge in [-0.1, -0.05) is 12.1 Å². The topological polar surface area (TPSA) is 74.8 Å². The largest absolute Gasteiger partial charge is 0.494 e. The molecule has 1 aromatic carbocycles. The summed E-state index contributed by atoms with van der Waals surface area (Å²) in [7, 11) is 7.20. The van der Waals surface area contributed by atoms with Crippen LogP contribution in [0.5, 0.6) is 5.88 Å². The molecule has 132 valence electrons. The number of nitrogens with zero attached hydrogens (tertiary/aromatic N) is 4. The lowest BCUT2D eigenvalue weighted by Gasteiger charge is -2.15. The zero-order chi connectivity index (χ0) is 18.3. The van der Waals surface area contributed by atoms with Crippen molar-refractivity contribution in [3.63, 3.8) is 0 Å². The predicted octanol–water partition coefficient (Wildman–Crippen LogP) is 1.66. The molecule has 2 heterocycles. The molecule has 25 heavy (non-hydrogen) atoms. The Morgan fingerprint density at radius 1 is 1.24 bits per heavy atom. The van der Waals surface area contributed by atoms with Crippen molar-refractivity contribution >= 4 is 23.6 Å². The number of rotatable bonds is 3. The van der Waals surface area contributed by atoms with E-state index in [1.54, 1.807) is 14.1 Å². The van der Waals surface area contributed by atoms with Crippen LogP contribution in [0.15, 0.2) is 34.2 Å². The minimum absolute atomic E-state index is 0.0381. The van der Waals surface area contributed by atoms with Crippen LogP contribution in [0.2, 0.25) is 0 Å². The lowest BCUT2D eigenvalue weighted by atomic mass is 9.99. The Labute approximate surface area is 150 Å². The summed E-state index contributed by atoms with van der Waals surface area (Å²) < 4.78 is 3.01. The number of hydrogen-bond acceptors (Lipinski definition) is 6. The summed E-state index contributed by atoms with van der Waals surface area (Å²) in [4.78, 5) is 14.6. The van der Waals surface area contributed by atoms with E-state index in [9.17, 15) is 9.90 Å². The van der Waals surface area contributed by atoms with Crippen molar-refractivity contribution in [1.29, 1.82) is 0 Å². The van der Waals surface area contributed by atoms with Gasteiger partial charge in [0.15, 0.2) is 4.77 Å². The Kier molecular flexibility index (Phi) is 4.38. The molecule has 2 aromatic rings. The zero-order valence-corrected chi connectivity index (χ0v) is 15.5. The van der Waals surface area contributed by atoms with Crippen molar-refractivity contribution < 1.29 is 5.11 Å². The molecule has 0 bridgehead atoms. The van der Waals surface area contributed by atoms with Crippen LogP contribution in [0.1, 0.15) is 23.6 Å². The van der Waals surface area contributed by atoms with Crippen LogP contribution in [0.3, 0.4) is 0 Å². The first-order valence-electron chi connectivity index (χ1n) is 7.90. The molecule has 8 heteroatoms. The normalized spacial score (nSPS) is 16.5. The van der Waals surface area contributed by atoms with Gasteiger partial charge in [0.25, 0.3) is 5.56 Å². The van der Waals surface area contributed by atoms with Crippen LogP contribution in [-0.4, -0.2) is 34.0 Å². The highest BCUT2D eigenvalue weighted by atomic mass is 32.1. The van der Waals surface area contributed by atoms with Crippen LogP contribution in [0.4, 0.5) is 5.69 Å². The fourth-order valence-corrected chi connectivity index (χ4v) is 3.05. The first-order chi connectivity index (χ1) is 11.8. The molecule has 0 spiro atoms. The van der Waals surface area contributed by atoms with Gasteiger partial charge in [-0.2, -0.15) is 5.10 Å². The summed E-state index contributed by atoms with van der Waals surface area (Å²) in [6.45, 7) is 0. The maximum atomic E-state index is 12.5. The first kappa shape index (κ1) is 17.2. The summed E-state index contributed by atoms with van der Waals surface area (Å²) in [6.07, 6.45) is 0.515. The van der Waals surface area contributed by atoms with Crippen LogP contribution in [0.25, 0.3) is 0 Å². The number of nitrogens with one attached hydrogen (secondary N) is 1. The minimum Gasteiger partial charge on any atom is -0.494 e. The molecule has 0 saturated heterocycles.